The van der Waals surface area contributed by atoms with E-state index in [1.54, 1.807) is 11.0 Å². The number of hydrogen-bond donors (Lipinski definition) is 2. The molecule has 0 aliphatic carbocycles. The van der Waals surface area contributed by atoms with E-state index in [1.807, 2.05) is 6.92 Å². The molecule has 2 rings (SSSR count). The summed E-state index contributed by atoms with van der Waals surface area (Å²) in [6.45, 7) is 3.12. The van der Waals surface area contributed by atoms with E-state index in [0.717, 1.165) is 19.3 Å². The van der Waals surface area contributed by atoms with Gasteiger partial charge in [0, 0.05) is 26.1 Å². The van der Waals surface area contributed by atoms with E-state index in [9.17, 15) is 19.1 Å². The average Bonchev–Trinajstić information content (AvgIpc) is 2.59. The van der Waals surface area contributed by atoms with Crippen LogP contribution in [0.3, 0.4) is 0 Å². The highest BCUT2D eigenvalue weighted by molar-refractivity contribution is 5.81. The van der Waals surface area contributed by atoms with Crippen LogP contribution in [-0.4, -0.2) is 41.5 Å². The fourth-order valence-electron chi connectivity index (χ4n) is 2.96. The minimum absolute atomic E-state index is 0.0295. The molecule has 1 aliphatic heterocycles. The van der Waals surface area contributed by atoms with Crippen molar-refractivity contribution in [2.45, 2.75) is 38.7 Å². The smallest absolute Gasteiger partial charge is 0.225 e. The molecule has 1 saturated heterocycles. The third-order valence-electron chi connectivity index (χ3n) is 4.31. The van der Waals surface area contributed by atoms with Crippen LogP contribution in [0.15, 0.2) is 24.3 Å². The molecule has 24 heavy (non-hydrogen) atoms. The van der Waals surface area contributed by atoms with Crippen molar-refractivity contribution in [1.29, 1.82) is 0 Å². The van der Waals surface area contributed by atoms with Gasteiger partial charge in [0.15, 0.2) is 0 Å². The van der Waals surface area contributed by atoms with Crippen molar-refractivity contribution in [3.05, 3.63) is 35.6 Å². The molecule has 2 atom stereocenters. The molecule has 5 nitrogen and oxygen atoms in total. The van der Waals surface area contributed by atoms with E-state index < -0.39 is 11.9 Å². The van der Waals surface area contributed by atoms with Crippen LogP contribution >= 0.6 is 0 Å². The molecular formula is C18H25FN2O3. The number of hydrogen-bond acceptors (Lipinski definition) is 3. The first-order chi connectivity index (χ1) is 11.5. The lowest BCUT2D eigenvalue weighted by Gasteiger charge is -2.32. The van der Waals surface area contributed by atoms with Crippen LogP contribution in [0.4, 0.5) is 4.39 Å². The number of rotatable bonds is 6. The molecule has 132 valence electrons. The molecule has 0 radical (unpaired) electrons. The topological polar surface area (TPSA) is 69.6 Å². The van der Waals surface area contributed by atoms with Gasteiger partial charge in [0.05, 0.1) is 12.0 Å². The van der Waals surface area contributed by atoms with Crippen molar-refractivity contribution in [3.8, 4) is 0 Å². The number of likely N-dealkylation sites (tertiary alicyclic amines) is 1. The minimum atomic E-state index is -0.953. The number of benzene rings is 1. The standard InChI is InChI=1S/C18H25FN2O3/c1-2-5-17(23)21-9-4-7-14(12-21)18(24)20-11-16(22)13-6-3-8-15(19)10-13/h3,6,8,10,14,16,22H,2,4-5,7,9,11-12H2,1H3,(H,20,24). The van der Waals surface area contributed by atoms with Crippen LogP contribution in [0, 0.1) is 11.7 Å². The average molecular weight is 336 g/mol. The molecule has 1 fully saturated rings. The maximum absolute atomic E-state index is 13.2. The summed E-state index contributed by atoms with van der Waals surface area (Å²) in [4.78, 5) is 26.0. The van der Waals surface area contributed by atoms with Gasteiger partial charge in [-0.3, -0.25) is 9.59 Å². The summed E-state index contributed by atoms with van der Waals surface area (Å²) in [5, 5.41) is 12.8. The van der Waals surface area contributed by atoms with E-state index in [4.69, 9.17) is 0 Å². The predicted molar refractivity (Wildman–Crippen MR) is 88.6 cm³/mol. The van der Waals surface area contributed by atoms with E-state index in [2.05, 4.69) is 5.32 Å². The zero-order chi connectivity index (χ0) is 17.5. The molecule has 2 amide bonds. The zero-order valence-corrected chi connectivity index (χ0v) is 14.0. The molecule has 1 aromatic rings. The SMILES string of the molecule is CCCC(=O)N1CCCC(C(=O)NCC(O)c2cccc(F)c2)C1. The summed E-state index contributed by atoms with van der Waals surface area (Å²) in [6, 6.07) is 5.70. The minimum Gasteiger partial charge on any atom is -0.387 e. The van der Waals surface area contributed by atoms with Crippen molar-refractivity contribution in [2.24, 2.45) is 5.92 Å². The molecule has 6 heteroatoms. The summed E-state index contributed by atoms with van der Waals surface area (Å²) < 4.78 is 13.2. The molecule has 0 aromatic heterocycles. The Morgan fingerprint density at radius 2 is 2.25 bits per heavy atom. The summed E-state index contributed by atoms with van der Waals surface area (Å²) in [7, 11) is 0. The molecular weight excluding hydrogens is 311 g/mol. The van der Waals surface area contributed by atoms with Crippen LogP contribution in [0.25, 0.3) is 0 Å². The van der Waals surface area contributed by atoms with E-state index in [-0.39, 0.29) is 24.3 Å². The van der Waals surface area contributed by atoms with Gasteiger partial charge in [0.2, 0.25) is 11.8 Å². The van der Waals surface area contributed by atoms with Gasteiger partial charge >= 0.3 is 0 Å². The molecule has 2 unspecified atom stereocenters. The summed E-state index contributed by atoms with van der Waals surface area (Å²) in [5.41, 5.74) is 0.429. The van der Waals surface area contributed by atoms with Crippen molar-refractivity contribution < 1.29 is 19.1 Å². The molecule has 0 bridgehead atoms. The Labute approximate surface area is 141 Å². The van der Waals surface area contributed by atoms with Gasteiger partial charge in [-0.25, -0.2) is 4.39 Å². The molecule has 1 aliphatic rings. The summed E-state index contributed by atoms with van der Waals surface area (Å²) in [5.74, 6) is -0.747. The van der Waals surface area contributed by atoms with Crippen molar-refractivity contribution in [2.75, 3.05) is 19.6 Å². The van der Waals surface area contributed by atoms with Crippen LogP contribution in [0.2, 0.25) is 0 Å². The van der Waals surface area contributed by atoms with Gasteiger partial charge in [-0.2, -0.15) is 0 Å². The lowest BCUT2D eigenvalue weighted by atomic mass is 9.96. The number of amides is 2. The lowest BCUT2D eigenvalue weighted by Crippen LogP contribution is -2.46. The van der Waals surface area contributed by atoms with Crippen molar-refractivity contribution in [1.82, 2.24) is 10.2 Å². The Morgan fingerprint density at radius 1 is 1.46 bits per heavy atom. The number of carbonyl (C=O) groups is 2. The maximum atomic E-state index is 13.2. The third kappa shape index (κ3) is 5.03. The monoisotopic (exact) mass is 336 g/mol. The number of piperidine rings is 1. The van der Waals surface area contributed by atoms with E-state index >= 15 is 0 Å². The highest BCUT2D eigenvalue weighted by Crippen LogP contribution is 2.18. The maximum Gasteiger partial charge on any atom is 0.225 e. The molecule has 0 spiro atoms. The van der Waals surface area contributed by atoms with Gasteiger partial charge < -0.3 is 15.3 Å². The van der Waals surface area contributed by atoms with Crippen LogP contribution in [0.5, 0.6) is 0 Å². The second-order valence-electron chi connectivity index (χ2n) is 6.24. The first kappa shape index (κ1) is 18.4. The number of nitrogens with one attached hydrogen (secondary N) is 1. The van der Waals surface area contributed by atoms with Gasteiger partial charge in [-0.1, -0.05) is 19.1 Å². The highest BCUT2D eigenvalue weighted by atomic mass is 19.1. The molecule has 2 N–H and O–H groups in total. The van der Waals surface area contributed by atoms with E-state index in [0.29, 0.717) is 25.1 Å². The zero-order valence-electron chi connectivity index (χ0n) is 14.0. The quantitative estimate of drug-likeness (QED) is 0.835. The lowest BCUT2D eigenvalue weighted by molar-refractivity contribution is -0.135. The Morgan fingerprint density at radius 3 is 2.96 bits per heavy atom. The fourth-order valence-corrected chi connectivity index (χ4v) is 2.96. The van der Waals surface area contributed by atoms with Crippen LogP contribution in [0.1, 0.15) is 44.3 Å². The summed E-state index contributed by atoms with van der Waals surface area (Å²) in [6.07, 6.45) is 1.89. The fraction of sp³-hybridized carbons (Fsp3) is 0.556. The van der Waals surface area contributed by atoms with Crippen molar-refractivity contribution >= 4 is 11.8 Å². The van der Waals surface area contributed by atoms with Crippen LogP contribution < -0.4 is 5.32 Å². The van der Waals surface area contributed by atoms with Crippen molar-refractivity contribution in [3.63, 3.8) is 0 Å². The first-order valence-corrected chi connectivity index (χ1v) is 8.50. The Balaban J connectivity index is 1.84. The second-order valence-corrected chi connectivity index (χ2v) is 6.24. The summed E-state index contributed by atoms with van der Waals surface area (Å²) >= 11 is 0. The number of aliphatic hydroxyl groups is 1. The Hall–Kier alpha value is -1.95. The second kappa shape index (κ2) is 8.78. The highest BCUT2D eigenvalue weighted by Gasteiger charge is 2.28. The number of halogens is 1. The number of nitrogens with zero attached hydrogens (tertiary/aromatic N) is 1. The van der Waals surface area contributed by atoms with Crippen LogP contribution in [-0.2, 0) is 9.59 Å². The van der Waals surface area contributed by atoms with E-state index in [1.165, 1.54) is 18.2 Å². The van der Waals surface area contributed by atoms with Gasteiger partial charge in [-0.15, -0.1) is 0 Å². The normalized spacial score (nSPS) is 19.0. The number of carbonyl (C=O) groups excluding carboxylic acids is 2. The Bertz CT molecular complexity index is 579. The Kier molecular flexibility index (Phi) is 6.73. The van der Waals surface area contributed by atoms with Gasteiger partial charge in [0.1, 0.15) is 5.82 Å². The largest absolute Gasteiger partial charge is 0.387 e. The molecule has 0 saturated carbocycles. The molecule has 1 heterocycles. The third-order valence-corrected chi connectivity index (χ3v) is 4.31. The first-order valence-electron chi connectivity index (χ1n) is 8.50. The predicted octanol–water partition coefficient (Wildman–Crippen LogP) is 2.01. The molecule has 1 aromatic carbocycles. The van der Waals surface area contributed by atoms with Gasteiger partial charge in [0.25, 0.3) is 0 Å². The van der Waals surface area contributed by atoms with Gasteiger partial charge in [-0.05, 0) is 37.0 Å². The number of aliphatic hydroxyl groups excluding tert-OH is 1.